The Labute approximate surface area is 132 Å². The molecule has 0 saturated heterocycles. The molecule has 2 atom stereocenters. The van der Waals surface area contributed by atoms with Crippen LogP contribution in [-0.2, 0) is 11.3 Å². The lowest BCUT2D eigenvalue weighted by Crippen LogP contribution is -2.60. The Morgan fingerprint density at radius 1 is 1.45 bits per heavy atom. The van der Waals surface area contributed by atoms with Crippen molar-refractivity contribution in [3.05, 3.63) is 35.4 Å². The van der Waals surface area contributed by atoms with Crippen molar-refractivity contribution in [3.8, 4) is 0 Å². The summed E-state index contributed by atoms with van der Waals surface area (Å²) in [5.41, 5.74) is 1.47. The molecule has 0 aliphatic heterocycles. The fraction of sp³-hybridized carbons (Fsp3) is 0.611. The highest BCUT2D eigenvalue weighted by molar-refractivity contribution is 5.87. The topological polar surface area (TPSA) is 58.6 Å². The second-order valence-corrected chi connectivity index (χ2v) is 6.71. The van der Waals surface area contributed by atoms with E-state index in [2.05, 4.69) is 26.1 Å². The molecule has 1 aromatic rings. The monoisotopic (exact) mass is 305 g/mol. The molecular formula is C18H27NO3. The summed E-state index contributed by atoms with van der Waals surface area (Å²) < 4.78 is 5.95. The maximum Gasteiger partial charge on any atom is 0.335 e. The van der Waals surface area contributed by atoms with E-state index in [1.165, 1.54) is 0 Å². The van der Waals surface area contributed by atoms with Crippen molar-refractivity contribution >= 4 is 5.97 Å². The van der Waals surface area contributed by atoms with Crippen LogP contribution in [0.2, 0.25) is 0 Å². The molecule has 2 N–H and O–H groups in total. The summed E-state index contributed by atoms with van der Waals surface area (Å²) in [5.74, 6) is -0.879. The number of carboxylic acid groups (broad SMARTS) is 1. The number of unbranched alkanes of at least 4 members (excludes halogenated alkanes) is 1. The molecule has 2 unspecified atom stereocenters. The number of ether oxygens (including phenoxy) is 1. The summed E-state index contributed by atoms with van der Waals surface area (Å²) in [6, 6.07) is 7.52. The van der Waals surface area contributed by atoms with Gasteiger partial charge in [-0.2, -0.15) is 0 Å². The minimum atomic E-state index is -0.879. The van der Waals surface area contributed by atoms with E-state index in [-0.39, 0.29) is 5.41 Å². The third-order valence-electron chi connectivity index (χ3n) is 4.72. The van der Waals surface area contributed by atoms with Crippen LogP contribution in [0.1, 0.15) is 56.0 Å². The van der Waals surface area contributed by atoms with Gasteiger partial charge in [0.25, 0.3) is 0 Å². The van der Waals surface area contributed by atoms with Crippen molar-refractivity contribution in [1.82, 2.24) is 5.32 Å². The number of hydrogen-bond donors (Lipinski definition) is 2. The molecule has 2 rings (SSSR count). The van der Waals surface area contributed by atoms with Gasteiger partial charge in [-0.15, -0.1) is 0 Å². The van der Waals surface area contributed by atoms with Crippen molar-refractivity contribution in [1.29, 1.82) is 0 Å². The molecule has 0 spiro atoms. The van der Waals surface area contributed by atoms with E-state index in [1.807, 2.05) is 6.07 Å². The van der Waals surface area contributed by atoms with Crippen molar-refractivity contribution in [2.24, 2.45) is 5.41 Å². The van der Waals surface area contributed by atoms with Gasteiger partial charge >= 0.3 is 5.97 Å². The van der Waals surface area contributed by atoms with Gasteiger partial charge in [0.2, 0.25) is 0 Å². The summed E-state index contributed by atoms with van der Waals surface area (Å²) in [4.78, 5) is 11.0. The Bertz CT molecular complexity index is 513. The highest BCUT2D eigenvalue weighted by atomic mass is 16.5. The van der Waals surface area contributed by atoms with Crippen LogP contribution in [0.5, 0.6) is 0 Å². The third-order valence-corrected chi connectivity index (χ3v) is 4.72. The van der Waals surface area contributed by atoms with E-state index in [4.69, 9.17) is 9.84 Å². The normalized spacial score (nSPS) is 23.0. The molecular weight excluding hydrogens is 278 g/mol. The number of benzene rings is 1. The molecule has 4 nitrogen and oxygen atoms in total. The first-order chi connectivity index (χ1) is 10.4. The Morgan fingerprint density at radius 3 is 2.86 bits per heavy atom. The van der Waals surface area contributed by atoms with Crippen molar-refractivity contribution in [2.75, 3.05) is 6.61 Å². The van der Waals surface area contributed by atoms with Crippen LogP contribution in [-0.4, -0.2) is 29.8 Å². The van der Waals surface area contributed by atoms with Crippen molar-refractivity contribution < 1.29 is 14.6 Å². The number of hydrogen-bond acceptors (Lipinski definition) is 3. The Morgan fingerprint density at radius 2 is 2.23 bits per heavy atom. The summed E-state index contributed by atoms with van der Waals surface area (Å²) >= 11 is 0. The number of carboxylic acids is 1. The SMILES string of the molecule is CCCCOC1CC(NCc2cccc(C(=O)O)c2)C1(C)C. The van der Waals surface area contributed by atoms with Crippen LogP contribution < -0.4 is 5.32 Å². The predicted octanol–water partition coefficient (Wildman–Crippen LogP) is 3.46. The average molecular weight is 305 g/mol. The highest BCUT2D eigenvalue weighted by Crippen LogP contribution is 2.42. The molecule has 0 amide bonds. The molecule has 1 saturated carbocycles. The molecule has 0 radical (unpaired) electrons. The first-order valence-corrected chi connectivity index (χ1v) is 8.12. The van der Waals surface area contributed by atoms with E-state index in [9.17, 15) is 4.79 Å². The highest BCUT2D eigenvalue weighted by Gasteiger charge is 2.48. The number of rotatable bonds is 8. The largest absolute Gasteiger partial charge is 0.478 e. The van der Waals surface area contributed by atoms with Crippen LogP contribution in [0, 0.1) is 5.41 Å². The van der Waals surface area contributed by atoms with Gasteiger partial charge in [-0.1, -0.05) is 39.3 Å². The standard InChI is InChI=1S/C18H27NO3/c1-4-5-9-22-16-11-15(18(16,2)3)19-12-13-7-6-8-14(10-13)17(20)21/h6-8,10,15-16,19H,4-5,9,11-12H2,1-3H3,(H,20,21). The van der Waals surface area contributed by atoms with Gasteiger partial charge in [0.1, 0.15) is 0 Å². The van der Waals surface area contributed by atoms with E-state index in [1.54, 1.807) is 18.2 Å². The zero-order valence-corrected chi connectivity index (χ0v) is 13.8. The molecule has 4 heteroatoms. The minimum Gasteiger partial charge on any atom is -0.478 e. The molecule has 22 heavy (non-hydrogen) atoms. The number of nitrogens with one attached hydrogen (secondary N) is 1. The van der Waals surface area contributed by atoms with Crippen LogP contribution >= 0.6 is 0 Å². The van der Waals surface area contributed by atoms with Gasteiger partial charge in [-0.25, -0.2) is 4.79 Å². The van der Waals surface area contributed by atoms with E-state index < -0.39 is 5.97 Å². The molecule has 0 heterocycles. The number of aromatic carboxylic acids is 1. The third kappa shape index (κ3) is 3.87. The first-order valence-electron chi connectivity index (χ1n) is 8.12. The lowest BCUT2D eigenvalue weighted by molar-refractivity contribution is -0.118. The molecule has 1 aliphatic rings. The van der Waals surface area contributed by atoms with E-state index in [0.29, 0.717) is 24.3 Å². The zero-order chi connectivity index (χ0) is 16.2. The first kappa shape index (κ1) is 17.0. The van der Waals surface area contributed by atoms with Gasteiger partial charge < -0.3 is 15.2 Å². The summed E-state index contributed by atoms with van der Waals surface area (Å²) in [6.45, 7) is 8.18. The maximum atomic E-state index is 11.0. The molecule has 0 aromatic heterocycles. The van der Waals surface area contributed by atoms with Gasteiger partial charge in [0.05, 0.1) is 11.7 Å². The van der Waals surface area contributed by atoms with Gasteiger partial charge in [-0.05, 0) is 30.5 Å². The lowest BCUT2D eigenvalue weighted by Gasteiger charge is -2.52. The molecule has 1 aromatic carbocycles. The van der Waals surface area contributed by atoms with Gasteiger partial charge in [-0.3, -0.25) is 0 Å². The lowest BCUT2D eigenvalue weighted by atomic mass is 9.64. The summed E-state index contributed by atoms with van der Waals surface area (Å²) in [6.07, 6.45) is 3.62. The van der Waals surface area contributed by atoms with E-state index >= 15 is 0 Å². The molecule has 0 bridgehead atoms. The van der Waals surface area contributed by atoms with Gasteiger partial charge in [0.15, 0.2) is 0 Å². The maximum absolute atomic E-state index is 11.0. The Balaban J connectivity index is 1.83. The van der Waals surface area contributed by atoms with Crippen LogP contribution in [0.4, 0.5) is 0 Å². The minimum absolute atomic E-state index is 0.123. The smallest absolute Gasteiger partial charge is 0.335 e. The van der Waals surface area contributed by atoms with Crippen molar-refractivity contribution in [2.45, 2.75) is 58.7 Å². The second kappa shape index (κ2) is 7.25. The van der Waals surface area contributed by atoms with E-state index in [0.717, 1.165) is 31.4 Å². The predicted molar refractivity (Wildman–Crippen MR) is 87.1 cm³/mol. The summed E-state index contributed by atoms with van der Waals surface area (Å²) in [7, 11) is 0. The average Bonchev–Trinajstić information content (AvgIpc) is 2.49. The van der Waals surface area contributed by atoms with Crippen molar-refractivity contribution in [3.63, 3.8) is 0 Å². The fourth-order valence-corrected chi connectivity index (χ4v) is 2.94. The molecule has 1 fully saturated rings. The zero-order valence-electron chi connectivity index (χ0n) is 13.8. The Hall–Kier alpha value is -1.39. The van der Waals surface area contributed by atoms with Gasteiger partial charge in [0, 0.05) is 24.6 Å². The van der Waals surface area contributed by atoms with Crippen LogP contribution in [0.25, 0.3) is 0 Å². The van der Waals surface area contributed by atoms with Crippen LogP contribution in [0.3, 0.4) is 0 Å². The Kier molecular flexibility index (Phi) is 5.59. The molecule has 1 aliphatic carbocycles. The summed E-state index contributed by atoms with van der Waals surface area (Å²) in [5, 5.41) is 12.6. The number of carbonyl (C=O) groups is 1. The quantitative estimate of drug-likeness (QED) is 0.722. The molecule has 122 valence electrons. The fourth-order valence-electron chi connectivity index (χ4n) is 2.94. The second-order valence-electron chi connectivity index (χ2n) is 6.71. The van der Waals surface area contributed by atoms with Crippen LogP contribution in [0.15, 0.2) is 24.3 Å².